The molecule has 1 aromatic carbocycles. The molecule has 0 aliphatic heterocycles. The number of nitrogen functional groups attached to an aromatic ring is 1. The van der Waals surface area contributed by atoms with Crippen LogP contribution in [0.25, 0.3) is 0 Å². The predicted molar refractivity (Wildman–Crippen MR) is 83.7 cm³/mol. The van der Waals surface area contributed by atoms with Crippen molar-refractivity contribution >= 4 is 11.8 Å². The lowest BCUT2D eigenvalue weighted by molar-refractivity contribution is -0.134. The van der Waals surface area contributed by atoms with Crippen LogP contribution in [0.1, 0.15) is 26.3 Å². The second-order valence-electron chi connectivity index (χ2n) is 4.87. The summed E-state index contributed by atoms with van der Waals surface area (Å²) in [7, 11) is 0. The van der Waals surface area contributed by atoms with Gasteiger partial charge in [0.25, 0.3) is 5.97 Å². The molecule has 0 aliphatic carbocycles. The summed E-state index contributed by atoms with van der Waals surface area (Å²) in [6, 6.07) is 5.09. The van der Waals surface area contributed by atoms with Crippen LogP contribution in [0.5, 0.6) is 11.5 Å². The van der Waals surface area contributed by atoms with E-state index in [-0.39, 0.29) is 19.0 Å². The number of hydrogen-bond acceptors (Lipinski definition) is 5. The Hall–Kier alpha value is -2.28. The molecule has 7 heteroatoms. The summed E-state index contributed by atoms with van der Waals surface area (Å²) in [5, 5.41) is 23.6. The van der Waals surface area contributed by atoms with Crippen molar-refractivity contribution in [1.29, 1.82) is 5.41 Å². The molecular weight excluding hydrogens is 288 g/mol. The highest BCUT2D eigenvalue weighted by atomic mass is 16.5. The first-order valence-corrected chi connectivity index (χ1v) is 6.82. The fourth-order valence-corrected chi connectivity index (χ4v) is 1.32. The van der Waals surface area contributed by atoms with Crippen LogP contribution in [0.3, 0.4) is 0 Å². The van der Waals surface area contributed by atoms with E-state index in [9.17, 15) is 0 Å². The van der Waals surface area contributed by atoms with Crippen molar-refractivity contribution in [3.05, 3.63) is 23.8 Å². The molecule has 22 heavy (non-hydrogen) atoms. The first kappa shape index (κ1) is 19.7. The average molecular weight is 312 g/mol. The van der Waals surface area contributed by atoms with Gasteiger partial charge in [-0.25, -0.2) is 0 Å². The molecule has 1 rings (SSSR count). The van der Waals surface area contributed by atoms with Crippen molar-refractivity contribution < 1.29 is 24.5 Å². The fourth-order valence-electron chi connectivity index (χ4n) is 1.32. The third kappa shape index (κ3) is 8.80. The zero-order valence-electron chi connectivity index (χ0n) is 13.1. The molecule has 124 valence electrons. The van der Waals surface area contributed by atoms with E-state index >= 15 is 0 Å². The molecule has 0 saturated carbocycles. The molecule has 0 atom stereocenters. The van der Waals surface area contributed by atoms with E-state index in [4.69, 9.17) is 35.6 Å². The van der Waals surface area contributed by atoms with Gasteiger partial charge in [-0.3, -0.25) is 10.2 Å². The Morgan fingerprint density at radius 3 is 2.36 bits per heavy atom. The summed E-state index contributed by atoms with van der Waals surface area (Å²) in [6.45, 7) is 5.87. The van der Waals surface area contributed by atoms with Crippen molar-refractivity contribution in [1.82, 2.24) is 0 Å². The quantitative estimate of drug-likeness (QED) is 0.446. The SMILES string of the molecule is CC(=O)O.CC(C)COc1ccc(C(=N)N)cc1OCCO. The molecule has 0 unspecified atom stereocenters. The van der Waals surface area contributed by atoms with Gasteiger partial charge in [0.15, 0.2) is 11.5 Å². The highest BCUT2D eigenvalue weighted by molar-refractivity contribution is 5.95. The van der Waals surface area contributed by atoms with Crippen LogP contribution >= 0.6 is 0 Å². The van der Waals surface area contributed by atoms with Gasteiger partial charge in [0.2, 0.25) is 0 Å². The van der Waals surface area contributed by atoms with Crippen LogP contribution in [-0.2, 0) is 4.79 Å². The smallest absolute Gasteiger partial charge is 0.300 e. The molecule has 0 radical (unpaired) electrons. The number of carboxylic acids is 1. The second-order valence-corrected chi connectivity index (χ2v) is 4.87. The van der Waals surface area contributed by atoms with Gasteiger partial charge in [-0.1, -0.05) is 13.8 Å². The van der Waals surface area contributed by atoms with Gasteiger partial charge >= 0.3 is 0 Å². The monoisotopic (exact) mass is 312 g/mol. The molecule has 0 aliphatic rings. The zero-order valence-corrected chi connectivity index (χ0v) is 13.1. The molecule has 7 nitrogen and oxygen atoms in total. The molecule has 0 amide bonds. The van der Waals surface area contributed by atoms with Gasteiger partial charge in [-0.05, 0) is 24.1 Å². The molecule has 1 aromatic rings. The van der Waals surface area contributed by atoms with E-state index < -0.39 is 5.97 Å². The third-order valence-corrected chi connectivity index (χ3v) is 2.18. The van der Waals surface area contributed by atoms with Gasteiger partial charge in [-0.15, -0.1) is 0 Å². The Kier molecular flexibility index (Phi) is 9.36. The molecular formula is C15H24N2O5. The molecule has 0 fully saturated rings. The number of aliphatic hydroxyl groups is 1. The molecule has 0 aromatic heterocycles. The molecule has 0 heterocycles. The first-order chi connectivity index (χ1) is 10.3. The van der Waals surface area contributed by atoms with E-state index in [1.54, 1.807) is 18.2 Å². The summed E-state index contributed by atoms with van der Waals surface area (Å²) in [4.78, 5) is 9.00. The van der Waals surface area contributed by atoms with Crippen LogP contribution < -0.4 is 15.2 Å². The zero-order chi connectivity index (χ0) is 17.1. The largest absolute Gasteiger partial charge is 0.489 e. The number of nitrogens with one attached hydrogen (secondary N) is 1. The third-order valence-electron chi connectivity index (χ3n) is 2.18. The van der Waals surface area contributed by atoms with E-state index in [0.717, 1.165) is 6.92 Å². The van der Waals surface area contributed by atoms with Crippen LogP contribution in [0.4, 0.5) is 0 Å². The summed E-state index contributed by atoms with van der Waals surface area (Å²) in [6.07, 6.45) is 0. The van der Waals surface area contributed by atoms with Gasteiger partial charge in [0, 0.05) is 12.5 Å². The maximum Gasteiger partial charge on any atom is 0.300 e. The lowest BCUT2D eigenvalue weighted by Gasteiger charge is -2.14. The number of nitrogens with two attached hydrogens (primary N) is 1. The maximum absolute atomic E-state index is 9.00. The average Bonchev–Trinajstić information content (AvgIpc) is 2.42. The number of amidine groups is 1. The van der Waals surface area contributed by atoms with E-state index in [1.165, 1.54) is 0 Å². The summed E-state index contributed by atoms with van der Waals surface area (Å²) in [5.74, 6) is 0.641. The second kappa shape index (κ2) is 10.4. The Labute approximate surface area is 130 Å². The van der Waals surface area contributed by atoms with Crippen molar-refractivity contribution in [3.8, 4) is 11.5 Å². The van der Waals surface area contributed by atoms with Gasteiger partial charge in [-0.2, -0.15) is 0 Å². The highest BCUT2D eigenvalue weighted by Crippen LogP contribution is 2.28. The Balaban J connectivity index is 0.000000980. The van der Waals surface area contributed by atoms with E-state index in [0.29, 0.717) is 29.6 Å². The van der Waals surface area contributed by atoms with Crippen LogP contribution in [-0.4, -0.2) is 41.8 Å². The number of ether oxygens (including phenoxy) is 2. The Bertz CT molecular complexity index is 485. The fraction of sp³-hybridized carbons (Fsp3) is 0.467. The van der Waals surface area contributed by atoms with Crippen LogP contribution in [0, 0.1) is 11.3 Å². The van der Waals surface area contributed by atoms with Crippen molar-refractivity contribution in [2.45, 2.75) is 20.8 Å². The highest BCUT2D eigenvalue weighted by Gasteiger charge is 2.09. The van der Waals surface area contributed by atoms with Crippen molar-refractivity contribution in [2.75, 3.05) is 19.8 Å². The van der Waals surface area contributed by atoms with Crippen LogP contribution in [0.15, 0.2) is 18.2 Å². The molecule has 0 saturated heterocycles. The number of aliphatic hydroxyl groups excluding tert-OH is 1. The minimum absolute atomic E-state index is 0.0285. The van der Waals surface area contributed by atoms with Gasteiger partial charge in [0.05, 0.1) is 13.2 Å². The number of benzene rings is 1. The number of carboxylic acid groups (broad SMARTS) is 1. The number of aliphatic carboxylic acids is 1. The number of carbonyl (C=O) groups is 1. The first-order valence-electron chi connectivity index (χ1n) is 6.82. The summed E-state index contributed by atoms with van der Waals surface area (Å²) < 4.78 is 11.0. The molecule has 0 bridgehead atoms. The van der Waals surface area contributed by atoms with Crippen LogP contribution in [0.2, 0.25) is 0 Å². The molecule has 5 N–H and O–H groups in total. The van der Waals surface area contributed by atoms with E-state index in [1.807, 2.05) is 0 Å². The molecule has 0 spiro atoms. The van der Waals surface area contributed by atoms with Gasteiger partial charge < -0.3 is 25.4 Å². The number of hydrogen-bond donors (Lipinski definition) is 4. The van der Waals surface area contributed by atoms with Crippen molar-refractivity contribution in [2.24, 2.45) is 11.7 Å². The minimum Gasteiger partial charge on any atom is -0.489 e. The Morgan fingerprint density at radius 1 is 1.32 bits per heavy atom. The minimum atomic E-state index is -0.833. The lowest BCUT2D eigenvalue weighted by atomic mass is 10.2. The summed E-state index contributed by atoms with van der Waals surface area (Å²) in [5.41, 5.74) is 5.99. The maximum atomic E-state index is 9.00. The topological polar surface area (TPSA) is 126 Å². The summed E-state index contributed by atoms with van der Waals surface area (Å²) >= 11 is 0. The standard InChI is InChI=1S/C13H20N2O3.C2H4O2/c1-9(2)8-18-11-4-3-10(13(14)15)7-12(11)17-6-5-16;1-2(3)4/h3-4,7,9,16H,5-6,8H2,1-2H3,(H3,14,15);1H3,(H,3,4). The lowest BCUT2D eigenvalue weighted by Crippen LogP contribution is -2.13. The van der Waals surface area contributed by atoms with E-state index in [2.05, 4.69) is 13.8 Å². The van der Waals surface area contributed by atoms with Gasteiger partial charge in [0.1, 0.15) is 12.4 Å². The predicted octanol–water partition coefficient (Wildman–Crippen LogP) is 1.47. The number of rotatable bonds is 7. The Morgan fingerprint density at radius 2 is 1.91 bits per heavy atom. The van der Waals surface area contributed by atoms with Crippen molar-refractivity contribution in [3.63, 3.8) is 0 Å². The normalized spacial score (nSPS) is 9.68.